The third kappa shape index (κ3) is 2.80. The lowest BCUT2D eigenvalue weighted by Gasteiger charge is -2.08. The Morgan fingerprint density at radius 3 is 2.50 bits per heavy atom. The molecule has 0 aliphatic rings. The van der Waals surface area contributed by atoms with E-state index in [0.717, 1.165) is 0 Å². The number of hydrogen-bond donors (Lipinski definition) is 1. The van der Waals surface area contributed by atoms with Crippen molar-refractivity contribution >= 4 is 11.8 Å². The Hall–Kier alpha value is -1.88. The van der Waals surface area contributed by atoms with Crippen molar-refractivity contribution < 1.29 is 24.2 Å². The predicted molar refractivity (Wildman–Crippen MR) is 55.7 cm³/mol. The summed E-state index contributed by atoms with van der Waals surface area (Å²) in [6.45, 7) is 0.697. The fourth-order valence-corrected chi connectivity index (χ4v) is 1.17. The first-order valence-corrected chi connectivity index (χ1v) is 4.59. The molecule has 16 heavy (non-hydrogen) atoms. The van der Waals surface area contributed by atoms with Gasteiger partial charge in [0.1, 0.15) is 6.61 Å². The summed E-state index contributed by atoms with van der Waals surface area (Å²) in [6.07, 6.45) is 0. The summed E-state index contributed by atoms with van der Waals surface area (Å²) >= 11 is 0. The molecule has 0 radical (unpaired) electrons. The van der Waals surface area contributed by atoms with E-state index in [-0.39, 0.29) is 11.5 Å². The van der Waals surface area contributed by atoms with Crippen molar-refractivity contribution in [2.75, 3.05) is 13.7 Å². The highest BCUT2D eigenvalue weighted by Crippen LogP contribution is 2.28. The lowest BCUT2D eigenvalue weighted by atomic mass is 10.1. The van der Waals surface area contributed by atoms with E-state index in [1.54, 1.807) is 0 Å². The average molecular weight is 224 g/mol. The number of esters is 1. The van der Waals surface area contributed by atoms with Crippen LogP contribution in [0.4, 0.5) is 0 Å². The summed E-state index contributed by atoms with van der Waals surface area (Å²) in [5.41, 5.74) is 0.301. The molecule has 1 N–H and O–H groups in total. The summed E-state index contributed by atoms with van der Waals surface area (Å²) in [4.78, 5) is 22.0. The number of rotatable bonds is 4. The monoisotopic (exact) mass is 224 g/mol. The number of aliphatic hydroxyl groups excluding tert-OH is 1. The van der Waals surface area contributed by atoms with Crippen molar-refractivity contribution in [2.24, 2.45) is 0 Å². The molecule has 0 heterocycles. The zero-order valence-electron chi connectivity index (χ0n) is 9.02. The van der Waals surface area contributed by atoms with Crippen LogP contribution in [-0.2, 0) is 4.79 Å². The van der Waals surface area contributed by atoms with E-state index >= 15 is 0 Å². The molecule has 0 fully saturated rings. The molecule has 0 saturated carbocycles. The van der Waals surface area contributed by atoms with Gasteiger partial charge in [0.25, 0.3) is 0 Å². The Morgan fingerprint density at radius 2 is 2.00 bits per heavy atom. The number of benzene rings is 1. The fraction of sp³-hybridized carbons (Fsp3) is 0.273. The molecule has 0 atom stereocenters. The summed E-state index contributed by atoms with van der Waals surface area (Å²) in [7, 11) is 1.40. The maximum absolute atomic E-state index is 11.2. The van der Waals surface area contributed by atoms with Crippen LogP contribution in [0, 0.1) is 0 Å². The van der Waals surface area contributed by atoms with Crippen LogP contribution < -0.4 is 9.47 Å². The average Bonchev–Trinajstić information content (AvgIpc) is 2.27. The molecule has 5 heteroatoms. The summed E-state index contributed by atoms with van der Waals surface area (Å²) in [5.74, 6) is -0.383. The number of ketones is 1. The highest BCUT2D eigenvalue weighted by molar-refractivity contribution is 5.97. The first-order valence-electron chi connectivity index (χ1n) is 4.59. The van der Waals surface area contributed by atoms with Crippen LogP contribution in [0.15, 0.2) is 18.2 Å². The maximum Gasteiger partial charge on any atom is 0.308 e. The zero-order valence-corrected chi connectivity index (χ0v) is 9.02. The number of methoxy groups -OCH3 is 1. The molecule has 0 bridgehead atoms. The Morgan fingerprint density at radius 1 is 1.31 bits per heavy atom. The molecule has 0 unspecified atom stereocenters. The summed E-state index contributed by atoms with van der Waals surface area (Å²) in [6, 6.07) is 4.32. The highest BCUT2D eigenvalue weighted by Gasteiger charge is 2.11. The van der Waals surface area contributed by atoms with Crippen molar-refractivity contribution in [1.82, 2.24) is 0 Å². The molecule has 1 aromatic rings. The molecular formula is C11H12O5. The van der Waals surface area contributed by atoms with E-state index in [1.165, 1.54) is 32.2 Å². The van der Waals surface area contributed by atoms with Gasteiger partial charge in [-0.3, -0.25) is 9.59 Å². The van der Waals surface area contributed by atoms with Gasteiger partial charge in [0.2, 0.25) is 0 Å². The minimum Gasteiger partial charge on any atom is -0.493 e. The SMILES string of the molecule is COc1cc(C(=O)CO)ccc1OC(C)=O. The van der Waals surface area contributed by atoms with E-state index in [1.807, 2.05) is 0 Å². The largest absolute Gasteiger partial charge is 0.493 e. The first-order chi connectivity index (χ1) is 7.58. The van der Waals surface area contributed by atoms with Crippen LogP contribution in [0.25, 0.3) is 0 Å². The minimum atomic E-state index is -0.573. The number of Topliss-reactive ketones (excluding diaryl/α,β-unsaturated/α-hetero) is 1. The summed E-state index contributed by atoms with van der Waals surface area (Å²) < 4.78 is 9.84. The molecule has 0 amide bonds. The van der Waals surface area contributed by atoms with Gasteiger partial charge in [-0.25, -0.2) is 0 Å². The second-order valence-electron chi connectivity index (χ2n) is 3.04. The lowest BCUT2D eigenvalue weighted by Crippen LogP contribution is -2.07. The van der Waals surface area contributed by atoms with Crippen molar-refractivity contribution in [3.8, 4) is 11.5 Å². The van der Waals surface area contributed by atoms with Crippen molar-refractivity contribution in [1.29, 1.82) is 0 Å². The molecule has 1 rings (SSSR count). The van der Waals surface area contributed by atoms with E-state index in [4.69, 9.17) is 14.6 Å². The molecule has 0 aromatic heterocycles. The third-order valence-electron chi connectivity index (χ3n) is 1.88. The lowest BCUT2D eigenvalue weighted by molar-refractivity contribution is -0.132. The van der Waals surface area contributed by atoms with Crippen LogP contribution in [0.5, 0.6) is 11.5 Å². The number of hydrogen-bond acceptors (Lipinski definition) is 5. The number of aliphatic hydroxyl groups is 1. The Balaban J connectivity index is 3.06. The zero-order chi connectivity index (χ0) is 12.1. The van der Waals surface area contributed by atoms with Gasteiger partial charge in [-0.05, 0) is 18.2 Å². The van der Waals surface area contributed by atoms with Gasteiger partial charge < -0.3 is 14.6 Å². The van der Waals surface area contributed by atoms with Crippen LogP contribution >= 0.6 is 0 Å². The second-order valence-corrected chi connectivity index (χ2v) is 3.04. The van der Waals surface area contributed by atoms with Gasteiger partial charge >= 0.3 is 5.97 Å². The van der Waals surface area contributed by atoms with Crippen molar-refractivity contribution in [2.45, 2.75) is 6.92 Å². The molecular weight excluding hydrogens is 212 g/mol. The quantitative estimate of drug-likeness (QED) is 0.465. The first kappa shape index (κ1) is 12.2. The van der Waals surface area contributed by atoms with Gasteiger partial charge in [0.05, 0.1) is 7.11 Å². The van der Waals surface area contributed by atoms with Crippen LogP contribution in [0.3, 0.4) is 0 Å². The molecule has 86 valence electrons. The molecule has 0 aliphatic carbocycles. The van der Waals surface area contributed by atoms with E-state index in [9.17, 15) is 9.59 Å². The number of carbonyl (C=O) groups is 2. The van der Waals surface area contributed by atoms with Crippen LogP contribution in [0.1, 0.15) is 17.3 Å². The topological polar surface area (TPSA) is 72.8 Å². The molecule has 1 aromatic carbocycles. The van der Waals surface area contributed by atoms with Gasteiger partial charge in [-0.15, -0.1) is 0 Å². The minimum absolute atomic E-state index is 0.240. The Labute approximate surface area is 92.6 Å². The molecule has 0 saturated heterocycles. The highest BCUT2D eigenvalue weighted by atomic mass is 16.6. The van der Waals surface area contributed by atoms with Crippen molar-refractivity contribution in [3.63, 3.8) is 0 Å². The maximum atomic E-state index is 11.2. The molecule has 5 nitrogen and oxygen atoms in total. The van der Waals surface area contributed by atoms with Crippen molar-refractivity contribution in [3.05, 3.63) is 23.8 Å². The van der Waals surface area contributed by atoms with Gasteiger partial charge in [0, 0.05) is 12.5 Å². The number of carbonyl (C=O) groups excluding carboxylic acids is 2. The molecule has 0 spiro atoms. The predicted octanol–water partition coefficient (Wildman–Crippen LogP) is 0.795. The Bertz CT molecular complexity index is 411. The third-order valence-corrected chi connectivity index (χ3v) is 1.88. The second kappa shape index (κ2) is 5.27. The van der Waals surface area contributed by atoms with E-state index < -0.39 is 18.4 Å². The van der Waals surface area contributed by atoms with Gasteiger partial charge in [0.15, 0.2) is 17.3 Å². The Kier molecular flexibility index (Phi) is 4.02. The van der Waals surface area contributed by atoms with Gasteiger partial charge in [-0.2, -0.15) is 0 Å². The molecule has 0 aliphatic heterocycles. The standard InChI is InChI=1S/C11H12O5/c1-7(13)16-10-4-3-8(9(14)6-12)5-11(10)15-2/h3-5,12H,6H2,1-2H3. The fourth-order valence-electron chi connectivity index (χ4n) is 1.17. The van der Waals surface area contributed by atoms with E-state index in [2.05, 4.69) is 0 Å². The normalized spacial score (nSPS) is 9.69. The summed E-state index contributed by atoms with van der Waals surface area (Å²) in [5, 5.41) is 8.69. The van der Waals surface area contributed by atoms with Gasteiger partial charge in [-0.1, -0.05) is 0 Å². The smallest absolute Gasteiger partial charge is 0.308 e. The number of ether oxygens (including phenoxy) is 2. The van der Waals surface area contributed by atoms with E-state index in [0.29, 0.717) is 5.56 Å². The van der Waals surface area contributed by atoms with Crippen LogP contribution in [0.2, 0.25) is 0 Å². The van der Waals surface area contributed by atoms with Crippen LogP contribution in [-0.4, -0.2) is 30.6 Å².